The van der Waals surface area contributed by atoms with Crippen LogP contribution in [0.1, 0.15) is 44.2 Å². The molecule has 1 aliphatic heterocycles. The van der Waals surface area contributed by atoms with Crippen molar-refractivity contribution in [1.29, 1.82) is 0 Å². The number of anilines is 2. The second-order valence-corrected chi connectivity index (χ2v) is 5.77. The van der Waals surface area contributed by atoms with Crippen LogP contribution in [0.4, 0.5) is 11.4 Å². The fourth-order valence-corrected chi connectivity index (χ4v) is 2.99. The Morgan fingerprint density at radius 2 is 2.26 bits per heavy atom. The van der Waals surface area contributed by atoms with Crippen LogP contribution < -0.4 is 11.1 Å². The van der Waals surface area contributed by atoms with E-state index in [1.807, 2.05) is 17.6 Å². The lowest BCUT2D eigenvalue weighted by atomic mass is 10.1. The Kier molecular flexibility index (Phi) is 3.71. The van der Waals surface area contributed by atoms with E-state index < -0.39 is 0 Å². The highest BCUT2D eigenvalue weighted by molar-refractivity contribution is 6.02. The lowest BCUT2D eigenvalue weighted by molar-refractivity contribution is -0.149. The first-order chi connectivity index (χ1) is 10.9. The van der Waals surface area contributed by atoms with Gasteiger partial charge in [0.2, 0.25) is 5.91 Å². The monoisotopic (exact) mass is 316 g/mol. The molecule has 0 saturated carbocycles. The molecule has 1 aromatic carbocycles. The van der Waals surface area contributed by atoms with Crippen molar-refractivity contribution in [2.75, 3.05) is 11.1 Å². The van der Waals surface area contributed by atoms with Crippen LogP contribution in [-0.4, -0.2) is 21.4 Å². The van der Waals surface area contributed by atoms with Gasteiger partial charge >= 0.3 is 5.97 Å². The maximum Gasteiger partial charge on any atom is 0.306 e. The zero-order valence-electron chi connectivity index (χ0n) is 13.5. The summed E-state index contributed by atoms with van der Waals surface area (Å²) in [6, 6.07) is 1.96. The fraction of sp³-hybridized carbons (Fsp3) is 0.438. The van der Waals surface area contributed by atoms with Crippen molar-refractivity contribution in [2.24, 2.45) is 0 Å². The van der Waals surface area contributed by atoms with E-state index in [0.717, 1.165) is 24.0 Å². The van der Waals surface area contributed by atoms with E-state index in [9.17, 15) is 9.59 Å². The van der Waals surface area contributed by atoms with Gasteiger partial charge in [-0.05, 0) is 18.6 Å². The van der Waals surface area contributed by atoms with Crippen LogP contribution in [-0.2, 0) is 20.9 Å². The number of rotatable bonds is 3. The van der Waals surface area contributed by atoms with Gasteiger partial charge in [-0.15, -0.1) is 0 Å². The summed E-state index contributed by atoms with van der Waals surface area (Å²) in [5.74, 6) is 0.298. The van der Waals surface area contributed by atoms with E-state index in [1.54, 1.807) is 6.92 Å². The van der Waals surface area contributed by atoms with E-state index >= 15 is 0 Å². The van der Waals surface area contributed by atoms with Crippen molar-refractivity contribution in [3.8, 4) is 0 Å². The summed E-state index contributed by atoms with van der Waals surface area (Å²) in [4.78, 5) is 27.5. The van der Waals surface area contributed by atoms with Crippen LogP contribution in [0.25, 0.3) is 11.0 Å². The van der Waals surface area contributed by atoms with Gasteiger partial charge in [0.1, 0.15) is 5.52 Å². The summed E-state index contributed by atoms with van der Waals surface area (Å²) in [6.45, 7) is 5.83. The lowest BCUT2D eigenvalue weighted by Gasteiger charge is -2.11. The standard InChI is InChI=1S/C16H20N4O3/c1-4-12(22)23-11-5-6-20-10-7-8(2)14(18-9(3)21)13(17)15(10)19-16(11)20/h7,11H,4-6,17H2,1-3H3,(H,18,21). The molecule has 0 spiro atoms. The van der Waals surface area contributed by atoms with E-state index in [2.05, 4.69) is 10.3 Å². The molecule has 1 amide bonds. The zero-order chi connectivity index (χ0) is 16.7. The second-order valence-electron chi connectivity index (χ2n) is 5.77. The molecular weight excluding hydrogens is 296 g/mol. The molecule has 1 unspecified atom stereocenters. The number of nitrogens with zero attached hydrogens (tertiary/aromatic N) is 2. The molecule has 7 heteroatoms. The molecule has 0 radical (unpaired) electrons. The molecule has 2 aromatic rings. The number of ether oxygens (including phenoxy) is 1. The number of carbonyl (C=O) groups excluding carboxylic acids is 2. The smallest absolute Gasteiger partial charge is 0.306 e. The number of hydrogen-bond donors (Lipinski definition) is 2. The van der Waals surface area contributed by atoms with Crippen molar-refractivity contribution in [2.45, 2.75) is 46.3 Å². The summed E-state index contributed by atoms with van der Waals surface area (Å²) in [7, 11) is 0. The van der Waals surface area contributed by atoms with Gasteiger partial charge in [-0.1, -0.05) is 6.92 Å². The number of carbonyl (C=O) groups is 2. The first-order valence-corrected chi connectivity index (χ1v) is 7.68. The minimum atomic E-state index is -0.334. The van der Waals surface area contributed by atoms with Crippen LogP contribution in [0.3, 0.4) is 0 Å². The van der Waals surface area contributed by atoms with Gasteiger partial charge in [0.15, 0.2) is 11.9 Å². The van der Waals surface area contributed by atoms with Crippen molar-refractivity contribution in [3.63, 3.8) is 0 Å². The first kappa shape index (κ1) is 15.3. The van der Waals surface area contributed by atoms with Crippen LogP contribution >= 0.6 is 0 Å². The number of aromatic nitrogens is 2. The molecule has 1 aromatic heterocycles. The Labute approximate surface area is 133 Å². The average Bonchev–Trinajstić information content (AvgIpc) is 3.04. The third-order valence-corrected chi connectivity index (χ3v) is 4.07. The van der Waals surface area contributed by atoms with Crippen LogP contribution in [0.2, 0.25) is 0 Å². The molecule has 2 heterocycles. The topological polar surface area (TPSA) is 99.2 Å². The van der Waals surface area contributed by atoms with Gasteiger partial charge < -0.3 is 20.4 Å². The van der Waals surface area contributed by atoms with Crippen molar-refractivity contribution < 1.29 is 14.3 Å². The third-order valence-electron chi connectivity index (χ3n) is 4.07. The maximum atomic E-state index is 11.6. The molecule has 1 aliphatic rings. The highest BCUT2D eigenvalue weighted by Gasteiger charge is 2.30. The number of hydrogen-bond acceptors (Lipinski definition) is 5. The second kappa shape index (κ2) is 5.57. The van der Waals surface area contributed by atoms with Crippen molar-refractivity contribution in [3.05, 3.63) is 17.5 Å². The SMILES string of the molecule is CCC(=O)OC1CCn2c1nc1c(N)c(NC(C)=O)c(C)cc12. The first-order valence-electron chi connectivity index (χ1n) is 7.68. The molecule has 0 fully saturated rings. The molecule has 122 valence electrons. The maximum absolute atomic E-state index is 11.6. The summed E-state index contributed by atoms with van der Waals surface area (Å²) in [5, 5.41) is 2.75. The molecule has 0 bridgehead atoms. The number of benzene rings is 1. The highest BCUT2D eigenvalue weighted by atomic mass is 16.5. The largest absolute Gasteiger partial charge is 0.454 e. The molecule has 3 rings (SSSR count). The number of imidazole rings is 1. The van der Waals surface area contributed by atoms with Gasteiger partial charge in [-0.2, -0.15) is 0 Å². The fourth-order valence-electron chi connectivity index (χ4n) is 2.99. The van der Waals surface area contributed by atoms with Crippen LogP contribution in [0, 0.1) is 6.92 Å². The molecule has 3 N–H and O–H groups in total. The molecule has 1 atom stereocenters. The Balaban J connectivity index is 2.08. The lowest BCUT2D eigenvalue weighted by Crippen LogP contribution is -2.10. The Morgan fingerprint density at radius 1 is 1.52 bits per heavy atom. The van der Waals surface area contributed by atoms with Crippen molar-refractivity contribution >= 4 is 34.3 Å². The van der Waals surface area contributed by atoms with E-state index in [4.69, 9.17) is 10.5 Å². The third kappa shape index (κ3) is 2.52. The number of nitrogens with two attached hydrogens (primary N) is 1. The molecule has 0 aliphatic carbocycles. The van der Waals surface area contributed by atoms with Crippen LogP contribution in [0.15, 0.2) is 6.07 Å². The molecular formula is C16H20N4O3. The number of nitrogen functional groups attached to an aromatic ring is 1. The minimum absolute atomic E-state index is 0.180. The number of amides is 1. The van der Waals surface area contributed by atoms with E-state index in [0.29, 0.717) is 29.1 Å². The zero-order valence-corrected chi connectivity index (χ0v) is 13.5. The molecule has 23 heavy (non-hydrogen) atoms. The summed E-state index contributed by atoms with van der Waals surface area (Å²) in [5.41, 5.74) is 9.64. The van der Waals surface area contributed by atoms with Crippen LogP contribution in [0.5, 0.6) is 0 Å². The van der Waals surface area contributed by atoms with Gasteiger partial charge in [0, 0.05) is 26.3 Å². The number of fused-ring (bicyclic) bond motifs is 3. The Morgan fingerprint density at radius 3 is 2.91 bits per heavy atom. The number of aryl methyl sites for hydroxylation is 2. The molecule has 0 saturated heterocycles. The van der Waals surface area contributed by atoms with Gasteiger partial charge in [-0.3, -0.25) is 9.59 Å². The predicted molar refractivity (Wildman–Crippen MR) is 86.9 cm³/mol. The van der Waals surface area contributed by atoms with Gasteiger partial charge in [0.25, 0.3) is 0 Å². The number of nitrogens with one attached hydrogen (secondary N) is 1. The summed E-state index contributed by atoms with van der Waals surface area (Å²) >= 11 is 0. The average molecular weight is 316 g/mol. The summed E-state index contributed by atoms with van der Waals surface area (Å²) in [6.07, 6.45) is 0.722. The van der Waals surface area contributed by atoms with Gasteiger partial charge in [0.05, 0.1) is 16.9 Å². The highest BCUT2D eigenvalue weighted by Crippen LogP contribution is 2.38. The normalized spacial score (nSPS) is 16.4. The summed E-state index contributed by atoms with van der Waals surface area (Å²) < 4.78 is 7.48. The van der Waals surface area contributed by atoms with E-state index in [1.165, 1.54) is 6.92 Å². The number of esters is 1. The van der Waals surface area contributed by atoms with Crippen molar-refractivity contribution in [1.82, 2.24) is 9.55 Å². The quantitative estimate of drug-likeness (QED) is 0.668. The molecule has 7 nitrogen and oxygen atoms in total. The minimum Gasteiger partial charge on any atom is -0.454 e. The Bertz CT molecular complexity index is 809. The predicted octanol–water partition coefficient (Wildman–Crippen LogP) is 2.28. The van der Waals surface area contributed by atoms with Gasteiger partial charge in [-0.25, -0.2) is 4.98 Å². The van der Waals surface area contributed by atoms with E-state index in [-0.39, 0.29) is 18.0 Å². The Hall–Kier alpha value is -2.57.